The first kappa shape index (κ1) is 13.1. The summed E-state index contributed by atoms with van der Waals surface area (Å²) in [7, 11) is 0. The van der Waals surface area contributed by atoms with Crippen molar-refractivity contribution in [3.05, 3.63) is 11.8 Å². The Bertz CT molecular complexity index is 401. The predicted octanol–water partition coefficient (Wildman–Crippen LogP) is 1.82. The van der Waals surface area contributed by atoms with Gasteiger partial charge in [-0.3, -0.25) is 9.89 Å². The van der Waals surface area contributed by atoms with Crippen LogP contribution in [-0.2, 0) is 11.2 Å². The minimum absolute atomic E-state index is 0.0125. The molecule has 1 heterocycles. The molecule has 0 aromatic carbocycles. The normalized spacial score (nSPS) is 24.6. The van der Waals surface area contributed by atoms with Crippen molar-refractivity contribution < 1.29 is 4.79 Å². The SMILES string of the molecule is CCc1cc(NC(=O)C2CCCCCC2N)n[nH]1. The van der Waals surface area contributed by atoms with Crippen LogP contribution in [0.2, 0.25) is 0 Å². The molecule has 1 amide bonds. The standard InChI is InChI=1S/C13H22N4O/c1-2-9-8-12(17-16-9)15-13(18)10-6-4-3-5-7-11(10)14/h8,10-11H,2-7,14H2,1H3,(H2,15,16,17,18). The summed E-state index contributed by atoms with van der Waals surface area (Å²) in [6.07, 6.45) is 6.11. The van der Waals surface area contributed by atoms with E-state index in [0.717, 1.165) is 37.8 Å². The molecule has 1 aliphatic carbocycles. The molecular formula is C13H22N4O. The molecule has 100 valence electrons. The predicted molar refractivity (Wildman–Crippen MR) is 71.1 cm³/mol. The summed E-state index contributed by atoms with van der Waals surface area (Å²) in [5.74, 6) is 0.543. The quantitative estimate of drug-likeness (QED) is 0.715. The fourth-order valence-corrected chi connectivity index (χ4v) is 2.49. The highest BCUT2D eigenvalue weighted by Crippen LogP contribution is 2.23. The molecule has 0 aliphatic heterocycles. The van der Waals surface area contributed by atoms with E-state index in [-0.39, 0.29) is 17.9 Å². The molecule has 4 N–H and O–H groups in total. The maximum Gasteiger partial charge on any atom is 0.230 e. The van der Waals surface area contributed by atoms with Crippen LogP contribution in [0, 0.1) is 5.92 Å². The molecule has 5 heteroatoms. The second kappa shape index (κ2) is 6.00. The summed E-state index contributed by atoms with van der Waals surface area (Å²) < 4.78 is 0. The third-order valence-corrected chi connectivity index (χ3v) is 3.67. The van der Waals surface area contributed by atoms with Gasteiger partial charge in [-0.05, 0) is 19.3 Å². The van der Waals surface area contributed by atoms with E-state index < -0.39 is 0 Å². The number of amides is 1. The zero-order chi connectivity index (χ0) is 13.0. The Morgan fingerprint density at radius 1 is 1.50 bits per heavy atom. The fraction of sp³-hybridized carbons (Fsp3) is 0.692. The summed E-state index contributed by atoms with van der Waals surface area (Å²) in [5.41, 5.74) is 7.10. The lowest BCUT2D eigenvalue weighted by molar-refractivity contribution is -0.120. The number of carbonyl (C=O) groups excluding carboxylic acids is 1. The molecule has 1 aliphatic rings. The topological polar surface area (TPSA) is 83.8 Å². The van der Waals surface area contributed by atoms with Gasteiger partial charge in [-0.2, -0.15) is 5.10 Å². The molecule has 0 radical (unpaired) electrons. The number of H-pyrrole nitrogens is 1. The van der Waals surface area contributed by atoms with E-state index in [2.05, 4.69) is 15.5 Å². The number of aryl methyl sites for hydroxylation is 1. The smallest absolute Gasteiger partial charge is 0.230 e. The molecule has 2 rings (SSSR count). The van der Waals surface area contributed by atoms with Gasteiger partial charge in [0.15, 0.2) is 5.82 Å². The second-order valence-electron chi connectivity index (χ2n) is 5.03. The van der Waals surface area contributed by atoms with E-state index in [1.165, 1.54) is 6.42 Å². The van der Waals surface area contributed by atoms with Crippen LogP contribution >= 0.6 is 0 Å². The van der Waals surface area contributed by atoms with Gasteiger partial charge in [0.25, 0.3) is 0 Å². The number of aromatic nitrogens is 2. The highest BCUT2D eigenvalue weighted by Gasteiger charge is 2.27. The van der Waals surface area contributed by atoms with Crippen LogP contribution in [0.25, 0.3) is 0 Å². The Hall–Kier alpha value is -1.36. The average molecular weight is 250 g/mol. The lowest BCUT2D eigenvalue weighted by Crippen LogP contribution is -2.37. The van der Waals surface area contributed by atoms with Gasteiger partial charge in [0, 0.05) is 17.8 Å². The number of nitrogens with zero attached hydrogens (tertiary/aromatic N) is 1. The number of hydrogen-bond donors (Lipinski definition) is 3. The van der Waals surface area contributed by atoms with Crippen molar-refractivity contribution >= 4 is 11.7 Å². The van der Waals surface area contributed by atoms with Gasteiger partial charge in [-0.1, -0.05) is 26.2 Å². The first-order valence-corrected chi connectivity index (χ1v) is 6.81. The molecule has 1 aromatic rings. The van der Waals surface area contributed by atoms with Crippen LogP contribution in [0.4, 0.5) is 5.82 Å². The zero-order valence-corrected chi connectivity index (χ0v) is 10.9. The first-order chi connectivity index (χ1) is 8.70. The van der Waals surface area contributed by atoms with E-state index >= 15 is 0 Å². The van der Waals surface area contributed by atoms with Crippen LogP contribution < -0.4 is 11.1 Å². The Morgan fingerprint density at radius 2 is 2.28 bits per heavy atom. The van der Waals surface area contributed by atoms with Gasteiger partial charge >= 0.3 is 0 Å². The maximum absolute atomic E-state index is 12.2. The van der Waals surface area contributed by atoms with Gasteiger partial charge in [-0.25, -0.2) is 0 Å². The molecule has 5 nitrogen and oxygen atoms in total. The number of nitrogens with one attached hydrogen (secondary N) is 2. The third kappa shape index (κ3) is 3.10. The number of carbonyl (C=O) groups is 1. The Kier molecular flexibility index (Phi) is 4.36. The summed E-state index contributed by atoms with van der Waals surface area (Å²) in [4.78, 5) is 12.2. The van der Waals surface area contributed by atoms with Crippen molar-refractivity contribution in [1.82, 2.24) is 10.2 Å². The van der Waals surface area contributed by atoms with Crippen LogP contribution in [0.15, 0.2) is 6.07 Å². The van der Waals surface area contributed by atoms with Gasteiger partial charge in [0.05, 0.1) is 5.92 Å². The van der Waals surface area contributed by atoms with Crippen LogP contribution in [-0.4, -0.2) is 22.1 Å². The summed E-state index contributed by atoms with van der Waals surface area (Å²) in [6, 6.07) is 1.86. The molecule has 18 heavy (non-hydrogen) atoms. The van der Waals surface area contributed by atoms with Gasteiger partial charge in [0.2, 0.25) is 5.91 Å². The van der Waals surface area contributed by atoms with E-state index in [1.54, 1.807) is 0 Å². The zero-order valence-electron chi connectivity index (χ0n) is 10.9. The minimum atomic E-state index is -0.0747. The summed E-state index contributed by atoms with van der Waals surface area (Å²) in [6.45, 7) is 2.04. The number of hydrogen-bond acceptors (Lipinski definition) is 3. The number of aromatic amines is 1. The Balaban J connectivity index is 1.97. The second-order valence-corrected chi connectivity index (χ2v) is 5.03. The molecule has 0 bridgehead atoms. The van der Waals surface area contributed by atoms with Gasteiger partial charge < -0.3 is 11.1 Å². The molecule has 1 fully saturated rings. The van der Waals surface area contributed by atoms with Gasteiger partial charge in [-0.15, -0.1) is 0 Å². The van der Waals surface area contributed by atoms with Crippen molar-refractivity contribution in [2.24, 2.45) is 11.7 Å². The molecule has 2 atom stereocenters. The minimum Gasteiger partial charge on any atom is -0.327 e. The monoisotopic (exact) mass is 250 g/mol. The van der Waals surface area contributed by atoms with E-state index in [1.807, 2.05) is 13.0 Å². The highest BCUT2D eigenvalue weighted by atomic mass is 16.2. The maximum atomic E-state index is 12.2. The van der Waals surface area contributed by atoms with Crippen LogP contribution in [0.3, 0.4) is 0 Å². The molecular weight excluding hydrogens is 228 g/mol. The van der Waals surface area contributed by atoms with E-state index in [4.69, 9.17) is 5.73 Å². The van der Waals surface area contributed by atoms with Crippen molar-refractivity contribution in [2.45, 2.75) is 51.5 Å². The largest absolute Gasteiger partial charge is 0.327 e. The Morgan fingerprint density at radius 3 is 3.00 bits per heavy atom. The lowest BCUT2D eigenvalue weighted by Gasteiger charge is -2.19. The average Bonchev–Trinajstić information content (AvgIpc) is 2.69. The molecule has 0 spiro atoms. The molecule has 1 aromatic heterocycles. The highest BCUT2D eigenvalue weighted by molar-refractivity contribution is 5.92. The fourth-order valence-electron chi connectivity index (χ4n) is 2.49. The van der Waals surface area contributed by atoms with E-state index in [0.29, 0.717) is 5.82 Å². The lowest BCUT2D eigenvalue weighted by atomic mass is 9.94. The number of rotatable bonds is 3. The van der Waals surface area contributed by atoms with Crippen LogP contribution in [0.1, 0.15) is 44.7 Å². The summed E-state index contributed by atoms with van der Waals surface area (Å²) in [5, 5.41) is 9.83. The number of anilines is 1. The molecule has 0 saturated heterocycles. The molecule has 2 unspecified atom stereocenters. The van der Waals surface area contributed by atoms with Crippen molar-refractivity contribution in [1.29, 1.82) is 0 Å². The summed E-state index contributed by atoms with van der Waals surface area (Å²) >= 11 is 0. The number of nitrogens with two attached hydrogens (primary N) is 1. The van der Waals surface area contributed by atoms with Gasteiger partial charge in [0.1, 0.15) is 0 Å². The van der Waals surface area contributed by atoms with Crippen molar-refractivity contribution in [2.75, 3.05) is 5.32 Å². The Labute approximate surface area is 108 Å². The van der Waals surface area contributed by atoms with E-state index in [9.17, 15) is 4.79 Å². The first-order valence-electron chi connectivity index (χ1n) is 6.81. The van der Waals surface area contributed by atoms with Crippen LogP contribution in [0.5, 0.6) is 0 Å². The molecule has 1 saturated carbocycles. The van der Waals surface area contributed by atoms with Crippen molar-refractivity contribution in [3.8, 4) is 0 Å². The van der Waals surface area contributed by atoms with Crippen molar-refractivity contribution in [3.63, 3.8) is 0 Å². The third-order valence-electron chi connectivity index (χ3n) is 3.67.